The van der Waals surface area contributed by atoms with Crippen LogP contribution in [0.5, 0.6) is 11.5 Å². The van der Waals surface area contributed by atoms with Crippen LogP contribution in [0, 0.1) is 0 Å². The fraction of sp³-hybridized carbons (Fsp3) is 0.0952. The van der Waals surface area contributed by atoms with Crippen molar-refractivity contribution in [2.75, 3.05) is 7.11 Å². The van der Waals surface area contributed by atoms with E-state index < -0.39 is 6.09 Å². The average molecular weight is 402 g/mol. The van der Waals surface area contributed by atoms with Gasteiger partial charge in [-0.3, -0.25) is 4.98 Å². The number of amides is 1. The molecule has 0 aliphatic rings. The van der Waals surface area contributed by atoms with E-state index in [1.165, 1.54) is 0 Å². The molecule has 0 unspecified atom stereocenters. The van der Waals surface area contributed by atoms with E-state index in [1.807, 2.05) is 36.4 Å². The zero-order chi connectivity index (χ0) is 20.8. The van der Waals surface area contributed by atoms with Crippen LogP contribution in [-0.2, 0) is 6.54 Å². The number of tetrazole rings is 1. The van der Waals surface area contributed by atoms with Crippen LogP contribution in [0.1, 0.15) is 5.56 Å². The number of H-pyrrole nitrogens is 1. The van der Waals surface area contributed by atoms with Gasteiger partial charge in [0.25, 0.3) is 0 Å². The minimum absolute atomic E-state index is 0.375. The molecule has 9 nitrogen and oxygen atoms in total. The third-order valence-electron chi connectivity index (χ3n) is 4.33. The van der Waals surface area contributed by atoms with Gasteiger partial charge in [0.15, 0.2) is 5.82 Å². The number of carbonyl (C=O) groups excluding carboxylic acids is 1. The smallest absolute Gasteiger partial charge is 0.412 e. The molecule has 0 atom stereocenters. The fourth-order valence-electron chi connectivity index (χ4n) is 2.89. The van der Waals surface area contributed by atoms with Crippen LogP contribution in [0.3, 0.4) is 0 Å². The summed E-state index contributed by atoms with van der Waals surface area (Å²) in [5.74, 6) is 1.49. The van der Waals surface area contributed by atoms with Crippen LogP contribution < -0.4 is 14.8 Å². The lowest BCUT2D eigenvalue weighted by Crippen LogP contribution is -2.26. The molecule has 0 saturated carbocycles. The van der Waals surface area contributed by atoms with E-state index in [-0.39, 0.29) is 0 Å². The van der Waals surface area contributed by atoms with Crippen LogP contribution in [0.25, 0.3) is 22.5 Å². The molecule has 0 saturated heterocycles. The summed E-state index contributed by atoms with van der Waals surface area (Å²) in [5.41, 5.74) is 3.17. The molecule has 0 aliphatic heterocycles. The van der Waals surface area contributed by atoms with E-state index in [4.69, 9.17) is 9.47 Å². The van der Waals surface area contributed by atoms with Gasteiger partial charge >= 0.3 is 6.09 Å². The number of nitrogens with one attached hydrogen (secondary N) is 2. The van der Waals surface area contributed by atoms with Crippen molar-refractivity contribution in [3.05, 3.63) is 72.6 Å². The van der Waals surface area contributed by atoms with Gasteiger partial charge in [0, 0.05) is 35.6 Å². The number of rotatable bonds is 6. The van der Waals surface area contributed by atoms with Crippen molar-refractivity contribution >= 4 is 6.09 Å². The standard InChI is InChI=1S/C21H18N6O3/c1-29-19-8-7-17(30-21(28)23-11-14-5-3-2-4-6-14)10-18(19)15-9-16(13-22-12-15)20-24-26-27-25-20/h2-10,12-13H,11H2,1H3,(H,23,28)(H,24,25,26,27). The molecule has 2 N–H and O–H groups in total. The van der Waals surface area contributed by atoms with Crippen LogP contribution in [0.2, 0.25) is 0 Å². The number of hydrogen-bond acceptors (Lipinski definition) is 7. The molecule has 1 amide bonds. The molecule has 2 aromatic heterocycles. The molecule has 0 bridgehead atoms. The normalized spacial score (nSPS) is 10.4. The first-order valence-corrected chi connectivity index (χ1v) is 9.10. The maximum atomic E-state index is 12.2. The van der Waals surface area contributed by atoms with E-state index in [9.17, 15) is 4.79 Å². The molecule has 9 heteroatoms. The van der Waals surface area contributed by atoms with Crippen LogP contribution >= 0.6 is 0 Å². The number of aromatic amines is 1. The van der Waals surface area contributed by atoms with Crippen LogP contribution in [0.4, 0.5) is 4.79 Å². The molecule has 30 heavy (non-hydrogen) atoms. The highest BCUT2D eigenvalue weighted by molar-refractivity contribution is 5.76. The van der Waals surface area contributed by atoms with Gasteiger partial charge in [-0.2, -0.15) is 0 Å². The molecule has 4 aromatic rings. The predicted molar refractivity (Wildman–Crippen MR) is 109 cm³/mol. The first kappa shape index (κ1) is 19.1. The number of ether oxygens (including phenoxy) is 2. The number of nitrogens with zero attached hydrogens (tertiary/aromatic N) is 4. The SMILES string of the molecule is COc1ccc(OC(=O)NCc2ccccc2)cc1-c1cncc(-c2nnn[nH]2)c1. The monoisotopic (exact) mass is 402 g/mol. The Labute approximate surface area is 172 Å². The molecule has 0 aliphatic carbocycles. The van der Waals surface area contributed by atoms with Gasteiger partial charge < -0.3 is 14.8 Å². The number of hydrogen-bond donors (Lipinski definition) is 2. The highest BCUT2D eigenvalue weighted by Gasteiger charge is 2.13. The van der Waals surface area contributed by atoms with Crippen molar-refractivity contribution in [1.82, 2.24) is 30.9 Å². The quantitative estimate of drug-likeness (QED) is 0.509. The van der Waals surface area contributed by atoms with Gasteiger partial charge in [0.05, 0.1) is 7.11 Å². The number of pyridine rings is 1. The van der Waals surface area contributed by atoms with Crippen molar-refractivity contribution in [2.45, 2.75) is 6.54 Å². The van der Waals surface area contributed by atoms with Gasteiger partial charge in [-0.15, -0.1) is 5.10 Å². The van der Waals surface area contributed by atoms with Gasteiger partial charge in [-0.1, -0.05) is 30.3 Å². The molecule has 2 heterocycles. The molecule has 0 spiro atoms. The Balaban J connectivity index is 1.54. The lowest BCUT2D eigenvalue weighted by molar-refractivity contribution is 0.200. The van der Waals surface area contributed by atoms with Gasteiger partial charge in [-0.25, -0.2) is 9.89 Å². The minimum atomic E-state index is -0.547. The Morgan fingerprint density at radius 2 is 1.90 bits per heavy atom. The highest BCUT2D eigenvalue weighted by Crippen LogP contribution is 2.34. The Morgan fingerprint density at radius 1 is 1.07 bits per heavy atom. The Hall–Kier alpha value is -4.27. The van der Waals surface area contributed by atoms with Crippen molar-refractivity contribution < 1.29 is 14.3 Å². The average Bonchev–Trinajstić information content (AvgIpc) is 3.34. The lowest BCUT2D eigenvalue weighted by atomic mass is 10.0. The molecule has 150 valence electrons. The lowest BCUT2D eigenvalue weighted by Gasteiger charge is -2.12. The van der Waals surface area contributed by atoms with Gasteiger partial charge in [-0.05, 0) is 40.3 Å². The summed E-state index contributed by atoms with van der Waals surface area (Å²) >= 11 is 0. The van der Waals surface area contributed by atoms with Crippen molar-refractivity contribution in [1.29, 1.82) is 0 Å². The number of aromatic nitrogens is 5. The highest BCUT2D eigenvalue weighted by atomic mass is 16.6. The van der Waals surface area contributed by atoms with Gasteiger partial charge in [0.1, 0.15) is 11.5 Å². The van der Waals surface area contributed by atoms with E-state index >= 15 is 0 Å². The molecule has 0 radical (unpaired) electrons. The van der Waals surface area contributed by atoms with E-state index in [1.54, 1.807) is 37.7 Å². The number of methoxy groups -OCH3 is 1. The summed E-state index contributed by atoms with van der Waals surface area (Å²) in [5, 5.41) is 16.5. The van der Waals surface area contributed by atoms with Crippen LogP contribution in [0.15, 0.2) is 67.0 Å². The second kappa shape index (κ2) is 8.82. The molecule has 4 rings (SSSR count). The molecular formula is C21H18N6O3. The Bertz CT molecular complexity index is 1130. The Morgan fingerprint density at radius 3 is 2.67 bits per heavy atom. The summed E-state index contributed by atoms with van der Waals surface area (Å²) in [6, 6.07) is 16.6. The number of benzene rings is 2. The minimum Gasteiger partial charge on any atom is -0.496 e. The summed E-state index contributed by atoms with van der Waals surface area (Å²) in [6.07, 6.45) is 2.79. The zero-order valence-corrected chi connectivity index (χ0v) is 16.1. The van der Waals surface area contributed by atoms with E-state index in [2.05, 4.69) is 30.9 Å². The summed E-state index contributed by atoms with van der Waals surface area (Å²) < 4.78 is 10.9. The summed E-state index contributed by atoms with van der Waals surface area (Å²) in [7, 11) is 1.57. The van der Waals surface area contributed by atoms with E-state index in [0.29, 0.717) is 35.0 Å². The first-order valence-electron chi connectivity index (χ1n) is 9.10. The maximum Gasteiger partial charge on any atom is 0.412 e. The fourth-order valence-corrected chi connectivity index (χ4v) is 2.89. The predicted octanol–water partition coefficient (Wildman–Crippen LogP) is 3.23. The first-order chi connectivity index (χ1) is 14.7. The maximum absolute atomic E-state index is 12.2. The molecular weight excluding hydrogens is 384 g/mol. The van der Waals surface area contributed by atoms with Gasteiger partial charge in [0.2, 0.25) is 0 Å². The van der Waals surface area contributed by atoms with E-state index in [0.717, 1.165) is 11.1 Å². The van der Waals surface area contributed by atoms with Crippen LogP contribution in [-0.4, -0.2) is 38.8 Å². The third-order valence-corrected chi connectivity index (χ3v) is 4.33. The van der Waals surface area contributed by atoms with Crippen molar-refractivity contribution in [3.8, 4) is 34.0 Å². The molecule has 0 fully saturated rings. The summed E-state index contributed by atoms with van der Waals surface area (Å²) in [6.45, 7) is 0.375. The van der Waals surface area contributed by atoms with Crippen molar-refractivity contribution in [3.63, 3.8) is 0 Å². The topological polar surface area (TPSA) is 115 Å². The number of carbonyl (C=O) groups is 1. The molecule has 2 aromatic carbocycles. The second-order valence-corrected chi connectivity index (χ2v) is 6.30. The second-order valence-electron chi connectivity index (χ2n) is 6.30. The largest absolute Gasteiger partial charge is 0.496 e. The van der Waals surface area contributed by atoms with Crippen molar-refractivity contribution in [2.24, 2.45) is 0 Å². The third kappa shape index (κ3) is 4.41. The zero-order valence-electron chi connectivity index (χ0n) is 16.1. The Kier molecular flexibility index (Phi) is 5.61. The summed E-state index contributed by atoms with van der Waals surface area (Å²) in [4.78, 5) is 16.4.